The maximum Gasteiger partial charge on any atom is 0.0483 e. The van der Waals surface area contributed by atoms with Crippen LogP contribution in [0.3, 0.4) is 0 Å². The van der Waals surface area contributed by atoms with Gasteiger partial charge < -0.3 is 9.88 Å². The summed E-state index contributed by atoms with van der Waals surface area (Å²) in [5.74, 6) is 0. The zero-order chi connectivity index (χ0) is 13.2. The van der Waals surface area contributed by atoms with Crippen molar-refractivity contribution < 1.29 is 0 Å². The number of fused-ring (bicyclic) bond motifs is 1. The van der Waals surface area contributed by atoms with E-state index in [1.54, 1.807) is 0 Å². The Balaban J connectivity index is 1.88. The Labute approximate surface area is 115 Å². The largest absolute Gasteiger partial charge is 0.350 e. The molecule has 3 heteroatoms. The van der Waals surface area contributed by atoms with Crippen molar-refractivity contribution in [2.75, 3.05) is 26.2 Å². The van der Waals surface area contributed by atoms with E-state index in [-0.39, 0.29) is 0 Å². The SMILES string of the molecule is Cc1ccc2c(CN3CCCNCC3)cn(C)c2c1. The molecule has 1 aliphatic rings. The van der Waals surface area contributed by atoms with Gasteiger partial charge >= 0.3 is 0 Å². The second kappa shape index (κ2) is 5.35. The lowest BCUT2D eigenvalue weighted by molar-refractivity contribution is 0.285. The van der Waals surface area contributed by atoms with Gasteiger partial charge in [0, 0.05) is 43.8 Å². The fourth-order valence-electron chi connectivity index (χ4n) is 3.00. The molecule has 102 valence electrons. The minimum Gasteiger partial charge on any atom is -0.350 e. The number of rotatable bonds is 2. The van der Waals surface area contributed by atoms with Gasteiger partial charge in [-0.1, -0.05) is 12.1 Å². The molecule has 0 aliphatic carbocycles. The zero-order valence-corrected chi connectivity index (χ0v) is 11.9. The minimum atomic E-state index is 1.07. The van der Waals surface area contributed by atoms with E-state index in [4.69, 9.17) is 0 Å². The predicted molar refractivity (Wildman–Crippen MR) is 80.4 cm³/mol. The van der Waals surface area contributed by atoms with Crippen LogP contribution >= 0.6 is 0 Å². The van der Waals surface area contributed by atoms with Crippen LogP contribution in [0, 0.1) is 6.92 Å². The Morgan fingerprint density at radius 3 is 3.00 bits per heavy atom. The van der Waals surface area contributed by atoms with E-state index >= 15 is 0 Å². The molecule has 0 radical (unpaired) electrons. The van der Waals surface area contributed by atoms with Gasteiger partial charge in [0.25, 0.3) is 0 Å². The third-order valence-corrected chi connectivity index (χ3v) is 4.06. The van der Waals surface area contributed by atoms with Gasteiger partial charge in [-0.15, -0.1) is 0 Å². The number of aryl methyl sites for hydroxylation is 2. The topological polar surface area (TPSA) is 20.2 Å². The summed E-state index contributed by atoms with van der Waals surface area (Å²) in [5, 5.41) is 4.87. The highest BCUT2D eigenvalue weighted by molar-refractivity contribution is 5.84. The van der Waals surface area contributed by atoms with E-state index < -0.39 is 0 Å². The Bertz CT molecular complexity index is 563. The molecule has 0 amide bonds. The van der Waals surface area contributed by atoms with E-state index in [0.717, 1.165) is 26.2 Å². The van der Waals surface area contributed by atoms with Crippen LogP contribution in [0.2, 0.25) is 0 Å². The first-order valence-corrected chi connectivity index (χ1v) is 7.22. The van der Waals surface area contributed by atoms with Gasteiger partial charge in [-0.05, 0) is 43.6 Å². The molecule has 3 nitrogen and oxygen atoms in total. The summed E-state index contributed by atoms with van der Waals surface area (Å²) in [7, 11) is 2.15. The number of nitrogens with zero attached hydrogens (tertiary/aromatic N) is 2. The lowest BCUT2D eigenvalue weighted by atomic mass is 10.1. The molecule has 2 aromatic rings. The van der Waals surface area contributed by atoms with Crippen LogP contribution < -0.4 is 5.32 Å². The molecular weight excluding hydrogens is 234 g/mol. The summed E-state index contributed by atoms with van der Waals surface area (Å²) in [6, 6.07) is 6.77. The molecule has 1 N–H and O–H groups in total. The molecule has 19 heavy (non-hydrogen) atoms. The van der Waals surface area contributed by atoms with Crippen molar-refractivity contribution in [3.63, 3.8) is 0 Å². The summed E-state index contributed by atoms with van der Waals surface area (Å²) in [6.45, 7) is 7.86. The first kappa shape index (κ1) is 12.7. The van der Waals surface area contributed by atoms with Crippen molar-refractivity contribution in [3.8, 4) is 0 Å². The number of aromatic nitrogens is 1. The highest BCUT2D eigenvalue weighted by Crippen LogP contribution is 2.23. The third kappa shape index (κ3) is 2.67. The lowest BCUT2D eigenvalue weighted by Crippen LogP contribution is -2.27. The molecule has 3 rings (SSSR count). The first-order valence-electron chi connectivity index (χ1n) is 7.22. The Morgan fingerprint density at radius 1 is 1.21 bits per heavy atom. The Kier molecular flexibility index (Phi) is 3.58. The number of benzene rings is 1. The van der Waals surface area contributed by atoms with E-state index in [1.165, 1.54) is 35.0 Å². The van der Waals surface area contributed by atoms with Crippen LogP contribution in [0.15, 0.2) is 24.4 Å². The first-order chi connectivity index (χ1) is 9.24. The molecule has 1 aromatic carbocycles. The van der Waals surface area contributed by atoms with E-state index in [1.807, 2.05) is 0 Å². The number of nitrogens with one attached hydrogen (secondary N) is 1. The average molecular weight is 257 g/mol. The van der Waals surface area contributed by atoms with Crippen molar-refractivity contribution in [2.45, 2.75) is 19.9 Å². The average Bonchev–Trinajstić information content (AvgIpc) is 2.58. The molecule has 0 atom stereocenters. The molecule has 0 spiro atoms. The minimum absolute atomic E-state index is 1.07. The summed E-state index contributed by atoms with van der Waals surface area (Å²) in [6.07, 6.45) is 3.55. The molecule has 0 unspecified atom stereocenters. The second-order valence-electron chi connectivity index (χ2n) is 5.67. The van der Waals surface area contributed by atoms with Crippen molar-refractivity contribution in [1.82, 2.24) is 14.8 Å². The second-order valence-corrected chi connectivity index (χ2v) is 5.67. The summed E-state index contributed by atoms with van der Waals surface area (Å²) >= 11 is 0. The molecule has 0 saturated carbocycles. The van der Waals surface area contributed by atoms with Crippen molar-refractivity contribution in [1.29, 1.82) is 0 Å². The van der Waals surface area contributed by atoms with Crippen LogP contribution in [-0.4, -0.2) is 35.6 Å². The van der Waals surface area contributed by atoms with E-state index in [2.05, 4.69) is 53.2 Å². The number of hydrogen-bond acceptors (Lipinski definition) is 2. The fraction of sp³-hybridized carbons (Fsp3) is 0.500. The highest BCUT2D eigenvalue weighted by Gasteiger charge is 2.12. The number of hydrogen-bond donors (Lipinski definition) is 1. The van der Waals surface area contributed by atoms with Gasteiger partial charge in [-0.25, -0.2) is 0 Å². The van der Waals surface area contributed by atoms with Crippen LogP contribution in [-0.2, 0) is 13.6 Å². The third-order valence-electron chi connectivity index (χ3n) is 4.06. The van der Waals surface area contributed by atoms with Gasteiger partial charge in [-0.3, -0.25) is 4.90 Å². The molecule has 1 fully saturated rings. The molecular formula is C16H23N3. The molecule has 2 heterocycles. The monoisotopic (exact) mass is 257 g/mol. The molecule has 0 bridgehead atoms. The highest BCUT2D eigenvalue weighted by atomic mass is 15.2. The lowest BCUT2D eigenvalue weighted by Gasteiger charge is -2.18. The van der Waals surface area contributed by atoms with Gasteiger partial charge in [0.1, 0.15) is 0 Å². The fourth-order valence-corrected chi connectivity index (χ4v) is 3.00. The van der Waals surface area contributed by atoms with Crippen LogP contribution in [0.25, 0.3) is 10.9 Å². The van der Waals surface area contributed by atoms with Gasteiger partial charge in [0.05, 0.1) is 0 Å². The van der Waals surface area contributed by atoms with Gasteiger partial charge in [0.2, 0.25) is 0 Å². The van der Waals surface area contributed by atoms with Crippen molar-refractivity contribution in [2.24, 2.45) is 7.05 Å². The quantitative estimate of drug-likeness (QED) is 0.890. The van der Waals surface area contributed by atoms with Gasteiger partial charge in [0.15, 0.2) is 0 Å². The van der Waals surface area contributed by atoms with Crippen molar-refractivity contribution >= 4 is 10.9 Å². The molecule has 1 aromatic heterocycles. The molecule has 1 aliphatic heterocycles. The van der Waals surface area contributed by atoms with Crippen LogP contribution in [0.5, 0.6) is 0 Å². The maximum atomic E-state index is 3.47. The van der Waals surface area contributed by atoms with Crippen LogP contribution in [0.1, 0.15) is 17.5 Å². The van der Waals surface area contributed by atoms with Crippen LogP contribution in [0.4, 0.5) is 0 Å². The Hall–Kier alpha value is -1.32. The van der Waals surface area contributed by atoms with E-state index in [9.17, 15) is 0 Å². The maximum absolute atomic E-state index is 3.47. The van der Waals surface area contributed by atoms with Gasteiger partial charge in [-0.2, -0.15) is 0 Å². The Morgan fingerprint density at radius 2 is 2.11 bits per heavy atom. The molecule has 1 saturated heterocycles. The standard InChI is InChI=1S/C16H23N3/c1-13-4-5-15-14(11-18(2)16(15)10-13)12-19-8-3-6-17-7-9-19/h4-5,10-11,17H,3,6-9,12H2,1-2H3. The smallest absolute Gasteiger partial charge is 0.0483 e. The summed E-state index contributed by atoms with van der Waals surface area (Å²) < 4.78 is 2.26. The summed E-state index contributed by atoms with van der Waals surface area (Å²) in [5.41, 5.74) is 4.14. The summed E-state index contributed by atoms with van der Waals surface area (Å²) in [4.78, 5) is 2.56. The van der Waals surface area contributed by atoms with Crippen molar-refractivity contribution in [3.05, 3.63) is 35.5 Å². The normalized spacial score (nSPS) is 17.8. The predicted octanol–water partition coefficient (Wildman–Crippen LogP) is 2.28. The zero-order valence-electron chi connectivity index (χ0n) is 11.9. The van der Waals surface area contributed by atoms with E-state index in [0.29, 0.717) is 0 Å².